The third-order valence-corrected chi connectivity index (χ3v) is 6.49. The lowest BCUT2D eigenvalue weighted by Gasteiger charge is -2.11. The Kier molecular flexibility index (Phi) is 6.10. The van der Waals surface area contributed by atoms with E-state index >= 15 is 0 Å². The summed E-state index contributed by atoms with van der Waals surface area (Å²) in [5.74, 6) is 1.29. The largest absolute Gasteiger partial charge is 0.493 e. The highest BCUT2D eigenvalue weighted by atomic mass is 32.2. The summed E-state index contributed by atoms with van der Waals surface area (Å²) in [4.78, 5) is 12.7. The fourth-order valence-electron chi connectivity index (χ4n) is 3.13. The van der Waals surface area contributed by atoms with Crippen LogP contribution in [0.25, 0.3) is 6.08 Å². The first-order valence-electron chi connectivity index (χ1n) is 9.43. The van der Waals surface area contributed by atoms with E-state index in [1.807, 2.05) is 26.0 Å². The van der Waals surface area contributed by atoms with E-state index in [4.69, 9.17) is 9.47 Å². The van der Waals surface area contributed by atoms with Crippen molar-refractivity contribution in [1.82, 2.24) is 4.31 Å². The summed E-state index contributed by atoms with van der Waals surface area (Å²) in [5.41, 5.74) is 2.27. The second-order valence-corrected chi connectivity index (χ2v) is 9.22. The number of sulfonamides is 1. The van der Waals surface area contributed by atoms with Gasteiger partial charge in [-0.2, -0.15) is 0 Å². The van der Waals surface area contributed by atoms with Gasteiger partial charge in [0, 0.05) is 37.2 Å². The fraction of sp³-hybridized carbons (Fsp3) is 0.318. The van der Waals surface area contributed by atoms with E-state index < -0.39 is 10.0 Å². The van der Waals surface area contributed by atoms with Crippen LogP contribution in [-0.2, 0) is 16.4 Å². The molecule has 0 saturated carbocycles. The second kappa shape index (κ2) is 8.39. The van der Waals surface area contributed by atoms with Crippen LogP contribution >= 0.6 is 0 Å². The maximum atomic E-state index is 12.5. The predicted octanol–water partition coefficient (Wildman–Crippen LogP) is 3.56. The summed E-state index contributed by atoms with van der Waals surface area (Å²) in [6.45, 7) is 4.44. The number of fused-ring (bicyclic) bond motifs is 1. The van der Waals surface area contributed by atoms with Crippen LogP contribution in [0.1, 0.15) is 35.3 Å². The first kappa shape index (κ1) is 21.1. The second-order valence-electron chi connectivity index (χ2n) is 7.07. The predicted molar refractivity (Wildman–Crippen MR) is 112 cm³/mol. The van der Waals surface area contributed by atoms with E-state index in [9.17, 15) is 13.2 Å². The standard InChI is InChI=1S/C22H25NO5S/c1-5-27-21-14-18-12-15(2)28-22(18)13-17(21)8-11-20(24)16-6-9-19(10-7-16)29(25,26)23(3)4/h6-11,13-15H,5,12H2,1-4H3. The van der Waals surface area contributed by atoms with E-state index in [-0.39, 0.29) is 16.8 Å². The zero-order valence-electron chi connectivity index (χ0n) is 17.0. The first-order chi connectivity index (χ1) is 13.7. The molecule has 0 saturated heterocycles. The Morgan fingerprint density at radius 3 is 2.55 bits per heavy atom. The Hall–Kier alpha value is -2.64. The number of ether oxygens (including phenoxy) is 2. The minimum atomic E-state index is -3.52. The Balaban J connectivity index is 1.83. The molecule has 0 bridgehead atoms. The molecule has 1 heterocycles. The molecule has 29 heavy (non-hydrogen) atoms. The van der Waals surface area contributed by atoms with Crippen molar-refractivity contribution in [2.24, 2.45) is 0 Å². The van der Waals surface area contributed by atoms with Gasteiger partial charge in [-0.3, -0.25) is 4.79 Å². The molecule has 2 aromatic rings. The first-order valence-corrected chi connectivity index (χ1v) is 10.9. The molecule has 1 aliphatic rings. The maximum absolute atomic E-state index is 12.5. The van der Waals surface area contributed by atoms with E-state index in [0.717, 1.165) is 27.6 Å². The van der Waals surface area contributed by atoms with Crippen molar-refractivity contribution in [3.8, 4) is 11.5 Å². The van der Waals surface area contributed by atoms with Crippen LogP contribution in [0.4, 0.5) is 0 Å². The van der Waals surface area contributed by atoms with Crippen LogP contribution in [0.5, 0.6) is 11.5 Å². The molecule has 0 amide bonds. The van der Waals surface area contributed by atoms with Gasteiger partial charge in [-0.05, 0) is 62.4 Å². The quantitative estimate of drug-likeness (QED) is 0.511. The molecule has 0 fully saturated rings. The number of ketones is 1. The number of allylic oxidation sites excluding steroid dienone is 1. The third-order valence-electron chi connectivity index (χ3n) is 4.66. The van der Waals surface area contributed by atoms with Crippen molar-refractivity contribution in [2.75, 3.05) is 20.7 Å². The molecule has 0 aromatic heterocycles. The lowest BCUT2D eigenvalue weighted by molar-refractivity contribution is 0.104. The number of carbonyl (C=O) groups excluding carboxylic acids is 1. The molecule has 3 rings (SSSR count). The summed E-state index contributed by atoms with van der Waals surface area (Å²) in [5, 5.41) is 0. The van der Waals surface area contributed by atoms with Crippen LogP contribution in [0.2, 0.25) is 0 Å². The Morgan fingerprint density at radius 2 is 1.93 bits per heavy atom. The lowest BCUT2D eigenvalue weighted by atomic mass is 10.0. The highest BCUT2D eigenvalue weighted by Gasteiger charge is 2.21. The van der Waals surface area contributed by atoms with Crippen molar-refractivity contribution in [3.63, 3.8) is 0 Å². The van der Waals surface area contributed by atoms with Gasteiger partial charge < -0.3 is 9.47 Å². The normalized spacial score (nSPS) is 16.1. The van der Waals surface area contributed by atoms with Crippen LogP contribution in [0.3, 0.4) is 0 Å². The van der Waals surface area contributed by atoms with Gasteiger partial charge >= 0.3 is 0 Å². The topological polar surface area (TPSA) is 72.9 Å². The number of rotatable bonds is 7. The number of carbonyl (C=O) groups is 1. The molecule has 0 spiro atoms. The minimum absolute atomic E-state index is 0.122. The van der Waals surface area contributed by atoms with E-state index in [1.54, 1.807) is 6.08 Å². The third kappa shape index (κ3) is 4.52. The number of hydrogen-bond donors (Lipinski definition) is 0. The summed E-state index contributed by atoms with van der Waals surface area (Å²) >= 11 is 0. The van der Waals surface area contributed by atoms with E-state index in [2.05, 4.69) is 0 Å². The van der Waals surface area contributed by atoms with Crippen LogP contribution in [0.15, 0.2) is 47.4 Å². The van der Waals surface area contributed by atoms with Crippen LogP contribution < -0.4 is 9.47 Å². The molecule has 1 aliphatic heterocycles. The molecule has 154 valence electrons. The molecular weight excluding hydrogens is 390 g/mol. The number of hydrogen-bond acceptors (Lipinski definition) is 5. The highest BCUT2D eigenvalue weighted by molar-refractivity contribution is 7.89. The van der Waals surface area contributed by atoms with E-state index in [1.165, 1.54) is 44.4 Å². The van der Waals surface area contributed by atoms with E-state index in [0.29, 0.717) is 17.9 Å². The van der Waals surface area contributed by atoms with Gasteiger partial charge in [0.15, 0.2) is 5.78 Å². The van der Waals surface area contributed by atoms with Gasteiger partial charge in [0.1, 0.15) is 17.6 Å². The Morgan fingerprint density at radius 1 is 1.24 bits per heavy atom. The molecule has 0 aliphatic carbocycles. The lowest BCUT2D eigenvalue weighted by Crippen LogP contribution is -2.22. The summed E-state index contributed by atoms with van der Waals surface area (Å²) in [7, 11) is -0.591. The van der Waals surface area contributed by atoms with Gasteiger partial charge in [0.25, 0.3) is 0 Å². The summed E-state index contributed by atoms with van der Waals surface area (Å²) in [6.07, 6.45) is 4.11. The van der Waals surface area contributed by atoms with Gasteiger partial charge in [0.05, 0.1) is 11.5 Å². The minimum Gasteiger partial charge on any atom is -0.493 e. The zero-order chi connectivity index (χ0) is 21.2. The van der Waals surface area contributed by atoms with Crippen molar-refractivity contribution in [2.45, 2.75) is 31.3 Å². The monoisotopic (exact) mass is 415 g/mol. The molecule has 1 unspecified atom stereocenters. The molecule has 6 nitrogen and oxygen atoms in total. The number of benzene rings is 2. The zero-order valence-corrected chi connectivity index (χ0v) is 17.8. The van der Waals surface area contributed by atoms with Gasteiger partial charge in [0.2, 0.25) is 10.0 Å². The molecule has 1 atom stereocenters. The molecular formula is C22H25NO5S. The van der Waals surface area contributed by atoms with Crippen molar-refractivity contribution < 1.29 is 22.7 Å². The van der Waals surface area contributed by atoms with Crippen molar-refractivity contribution >= 4 is 21.9 Å². The van der Waals surface area contributed by atoms with Gasteiger partial charge in [-0.1, -0.05) is 0 Å². The average molecular weight is 416 g/mol. The highest BCUT2D eigenvalue weighted by Crippen LogP contribution is 2.35. The fourth-order valence-corrected chi connectivity index (χ4v) is 4.03. The maximum Gasteiger partial charge on any atom is 0.242 e. The average Bonchev–Trinajstić information content (AvgIpc) is 3.05. The van der Waals surface area contributed by atoms with Gasteiger partial charge in [-0.15, -0.1) is 0 Å². The Bertz CT molecular complexity index is 1040. The smallest absolute Gasteiger partial charge is 0.242 e. The Labute approximate surface area is 171 Å². The summed E-state index contributed by atoms with van der Waals surface area (Å²) < 4.78 is 36.9. The molecule has 0 N–H and O–H groups in total. The summed E-state index contributed by atoms with van der Waals surface area (Å²) in [6, 6.07) is 9.76. The molecule has 7 heteroatoms. The van der Waals surface area contributed by atoms with Gasteiger partial charge in [-0.25, -0.2) is 12.7 Å². The molecule has 0 radical (unpaired) electrons. The SMILES string of the molecule is CCOc1cc2c(cc1C=CC(=O)c1ccc(S(=O)(=O)N(C)C)cc1)OC(C)C2. The van der Waals surface area contributed by atoms with Crippen LogP contribution in [-0.4, -0.2) is 45.3 Å². The van der Waals surface area contributed by atoms with Crippen molar-refractivity contribution in [3.05, 3.63) is 59.2 Å². The van der Waals surface area contributed by atoms with Crippen molar-refractivity contribution in [1.29, 1.82) is 0 Å². The number of nitrogens with zero attached hydrogens (tertiary/aromatic N) is 1. The van der Waals surface area contributed by atoms with Crippen LogP contribution in [0, 0.1) is 0 Å². The molecule has 2 aromatic carbocycles.